The van der Waals surface area contributed by atoms with Gasteiger partial charge in [0.15, 0.2) is 0 Å². The van der Waals surface area contributed by atoms with Gasteiger partial charge in [-0.1, -0.05) is 36.4 Å². The normalized spacial score (nSPS) is 13.7. The van der Waals surface area contributed by atoms with E-state index in [4.69, 9.17) is 10.5 Å². The lowest BCUT2D eigenvalue weighted by atomic mass is 10.0. The molecular formula is C29H29F2N5O4. The zero-order valence-electron chi connectivity index (χ0n) is 22.1. The molecular weight excluding hydrogens is 520 g/mol. The third-order valence-electron chi connectivity index (χ3n) is 6.27. The number of nitrogens with zero attached hydrogens (tertiary/aromatic N) is 2. The lowest BCUT2D eigenvalue weighted by Crippen LogP contribution is -2.46. The number of rotatable bonds is 10. The summed E-state index contributed by atoms with van der Waals surface area (Å²) in [5.41, 5.74) is 7.60. The molecule has 11 heteroatoms. The van der Waals surface area contributed by atoms with Crippen LogP contribution < -0.4 is 21.1 Å². The number of hydrogen-bond donors (Lipinski definition) is 3. The van der Waals surface area contributed by atoms with Crippen LogP contribution in [0.4, 0.5) is 8.78 Å². The molecule has 1 unspecified atom stereocenters. The number of nitrogens with two attached hydrogens (primary N) is 1. The van der Waals surface area contributed by atoms with E-state index in [1.807, 2.05) is 6.07 Å². The molecule has 1 heterocycles. The van der Waals surface area contributed by atoms with Crippen molar-refractivity contribution in [2.75, 3.05) is 0 Å². The second-order valence-electron chi connectivity index (χ2n) is 9.52. The molecule has 0 aliphatic carbocycles. The largest absolute Gasteiger partial charge is 0.484 e. The van der Waals surface area contributed by atoms with Crippen LogP contribution in [0.15, 0.2) is 79.0 Å². The Kier molecular flexibility index (Phi) is 8.13. The van der Waals surface area contributed by atoms with Gasteiger partial charge in [-0.2, -0.15) is 13.9 Å². The van der Waals surface area contributed by atoms with E-state index in [0.717, 1.165) is 10.9 Å². The highest BCUT2D eigenvalue weighted by atomic mass is 19.3. The van der Waals surface area contributed by atoms with E-state index < -0.39 is 41.8 Å². The predicted molar refractivity (Wildman–Crippen MR) is 145 cm³/mol. The highest BCUT2D eigenvalue weighted by Gasteiger charge is 2.35. The Morgan fingerprint density at radius 3 is 2.38 bits per heavy atom. The first-order chi connectivity index (χ1) is 18.9. The number of amides is 3. The van der Waals surface area contributed by atoms with Crippen molar-refractivity contribution in [3.05, 3.63) is 90.1 Å². The Bertz CT molecular complexity index is 1530. The van der Waals surface area contributed by atoms with Gasteiger partial charge in [0.05, 0.1) is 23.4 Å². The van der Waals surface area contributed by atoms with Crippen molar-refractivity contribution >= 4 is 28.6 Å². The predicted octanol–water partition coefficient (Wildman–Crippen LogP) is 3.91. The van der Waals surface area contributed by atoms with Crippen molar-refractivity contribution in [1.29, 1.82) is 0 Å². The minimum Gasteiger partial charge on any atom is -0.484 e. The van der Waals surface area contributed by atoms with Crippen molar-refractivity contribution in [3.8, 4) is 11.4 Å². The van der Waals surface area contributed by atoms with Crippen LogP contribution in [0.2, 0.25) is 0 Å². The molecule has 3 atom stereocenters. The molecule has 0 saturated carbocycles. The smallest absolute Gasteiger partial charge is 0.321 e. The van der Waals surface area contributed by atoms with Gasteiger partial charge in [0, 0.05) is 17.9 Å². The van der Waals surface area contributed by atoms with Crippen LogP contribution in [0.3, 0.4) is 0 Å². The molecule has 0 fully saturated rings. The first-order valence-electron chi connectivity index (χ1n) is 12.5. The average molecular weight is 550 g/mol. The minimum absolute atomic E-state index is 0.327. The summed E-state index contributed by atoms with van der Waals surface area (Å²) in [4.78, 5) is 35.8. The number of halogens is 2. The van der Waals surface area contributed by atoms with Crippen LogP contribution >= 0.6 is 0 Å². The second-order valence-corrected chi connectivity index (χ2v) is 9.52. The summed E-state index contributed by atoms with van der Waals surface area (Å²) in [6.45, 7) is 3.65. The summed E-state index contributed by atoms with van der Waals surface area (Å²) in [6.07, 6.45) is 0.878. The maximum Gasteiger partial charge on any atom is 0.321 e. The van der Waals surface area contributed by atoms with Crippen LogP contribution in [0.5, 0.6) is 5.75 Å². The standard InChI is InChI=1S/C29H29F2N5O4/c1-17(35-28(39)29(3,30)31)25(19-8-5-4-6-9-19)40-23-12-13-24-21(15-23)16-33-36(24)22-11-7-10-20(14-22)27(38)34-18(2)26(32)37/h4-18,25H,1-3H3,(H2,32,37)(H,34,38)(H,35,39)/t17-,18-,25?/m0/s1. The van der Waals surface area contributed by atoms with E-state index >= 15 is 0 Å². The third-order valence-corrected chi connectivity index (χ3v) is 6.27. The van der Waals surface area contributed by atoms with Gasteiger partial charge in [0.1, 0.15) is 17.9 Å². The van der Waals surface area contributed by atoms with Crippen molar-refractivity contribution in [2.24, 2.45) is 5.73 Å². The molecule has 4 rings (SSSR count). The zero-order chi connectivity index (χ0) is 29.0. The van der Waals surface area contributed by atoms with Gasteiger partial charge in [-0.3, -0.25) is 14.4 Å². The van der Waals surface area contributed by atoms with Gasteiger partial charge in [0.25, 0.3) is 11.8 Å². The number of carbonyl (C=O) groups excluding carboxylic acids is 3. The SMILES string of the molecule is C[C@H](NC(=O)c1cccc(-n2ncc3cc(OC(c4ccccc4)[C@H](C)NC(=O)C(C)(F)F)ccc32)c1)C(N)=O. The highest BCUT2D eigenvalue weighted by Crippen LogP contribution is 2.29. The van der Waals surface area contributed by atoms with E-state index in [-0.39, 0.29) is 0 Å². The molecule has 9 nitrogen and oxygen atoms in total. The maximum absolute atomic E-state index is 13.5. The summed E-state index contributed by atoms with van der Waals surface area (Å²) >= 11 is 0. The summed E-state index contributed by atoms with van der Waals surface area (Å²) in [5, 5.41) is 10.1. The lowest BCUT2D eigenvalue weighted by molar-refractivity contribution is -0.144. The molecule has 0 aliphatic heterocycles. The molecule has 0 bridgehead atoms. The van der Waals surface area contributed by atoms with Crippen LogP contribution in [-0.2, 0) is 9.59 Å². The van der Waals surface area contributed by atoms with Gasteiger partial charge in [0.2, 0.25) is 5.91 Å². The molecule has 40 heavy (non-hydrogen) atoms. The Hall–Kier alpha value is -4.80. The van der Waals surface area contributed by atoms with Gasteiger partial charge in [-0.25, -0.2) is 4.68 Å². The van der Waals surface area contributed by atoms with Crippen LogP contribution in [0.1, 0.15) is 42.8 Å². The fourth-order valence-electron chi connectivity index (χ4n) is 4.08. The van der Waals surface area contributed by atoms with Crippen molar-refractivity contribution < 1.29 is 27.9 Å². The highest BCUT2D eigenvalue weighted by molar-refractivity contribution is 5.97. The summed E-state index contributed by atoms with van der Waals surface area (Å²) < 4.78 is 34.9. The molecule has 0 aliphatic rings. The number of fused-ring (bicyclic) bond motifs is 1. The number of nitrogens with one attached hydrogen (secondary N) is 2. The topological polar surface area (TPSA) is 128 Å². The van der Waals surface area contributed by atoms with Crippen LogP contribution in [0, 0.1) is 0 Å². The molecule has 0 spiro atoms. The van der Waals surface area contributed by atoms with Crippen molar-refractivity contribution in [2.45, 2.75) is 44.9 Å². The first kappa shape index (κ1) is 28.2. The van der Waals surface area contributed by atoms with E-state index in [1.165, 1.54) is 6.92 Å². The number of ether oxygens (including phenoxy) is 1. The van der Waals surface area contributed by atoms with Gasteiger partial charge < -0.3 is 21.1 Å². The molecule has 0 saturated heterocycles. The molecule has 0 radical (unpaired) electrons. The second kappa shape index (κ2) is 11.5. The third kappa shape index (κ3) is 6.42. The minimum atomic E-state index is -3.53. The van der Waals surface area contributed by atoms with Crippen LogP contribution in [0.25, 0.3) is 16.6 Å². The Labute approximate surface area is 229 Å². The summed E-state index contributed by atoms with van der Waals surface area (Å²) in [6, 6.07) is 19.4. The van der Waals surface area contributed by atoms with Gasteiger partial charge >= 0.3 is 5.92 Å². The van der Waals surface area contributed by atoms with E-state index in [1.54, 1.807) is 84.5 Å². The van der Waals surface area contributed by atoms with E-state index in [0.29, 0.717) is 29.5 Å². The molecule has 4 aromatic rings. The van der Waals surface area contributed by atoms with E-state index in [9.17, 15) is 23.2 Å². The quantitative estimate of drug-likeness (QED) is 0.276. The fourth-order valence-corrected chi connectivity index (χ4v) is 4.08. The fraction of sp³-hybridized carbons (Fsp3) is 0.241. The van der Waals surface area contributed by atoms with Crippen molar-refractivity contribution in [3.63, 3.8) is 0 Å². The zero-order valence-corrected chi connectivity index (χ0v) is 22.1. The van der Waals surface area contributed by atoms with Crippen molar-refractivity contribution in [1.82, 2.24) is 20.4 Å². The van der Waals surface area contributed by atoms with Gasteiger partial charge in [-0.05, 0) is 55.8 Å². The first-order valence-corrected chi connectivity index (χ1v) is 12.5. The van der Waals surface area contributed by atoms with Gasteiger partial charge in [-0.15, -0.1) is 0 Å². The number of primary amides is 1. The molecule has 1 aromatic heterocycles. The number of aromatic nitrogens is 2. The maximum atomic E-state index is 13.5. The molecule has 208 valence electrons. The number of carbonyl (C=O) groups is 3. The monoisotopic (exact) mass is 549 g/mol. The Morgan fingerprint density at radius 2 is 1.70 bits per heavy atom. The number of benzene rings is 3. The molecule has 4 N–H and O–H groups in total. The Morgan fingerprint density at radius 1 is 0.975 bits per heavy atom. The van der Waals surface area contributed by atoms with Crippen LogP contribution in [-0.4, -0.2) is 45.5 Å². The Balaban J connectivity index is 1.59. The summed E-state index contributed by atoms with van der Waals surface area (Å²) in [7, 11) is 0. The van der Waals surface area contributed by atoms with E-state index in [2.05, 4.69) is 15.7 Å². The average Bonchev–Trinajstić information content (AvgIpc) is 3.35. The molecule has 3 aromatic carbocycles. The lowest BCUT2D eigenvalue weighted by Gasteiger charge is -2.27. The molecule has 3 amide bonds. The number of hydrogen-bond acceptors (Lipinski definition) is 5. The summed E-state index contributed by atoms with van der Waals surface area (Å²) in [5.74, 6) is -5.56. The number of alkyl halides is 2.